The van der Waals surface area contributed by atoms with E-state index in [1.165, 1.54) is 82.8 Å². The van der Waals surface area contributed by atoms with E-state index >= 15 is 19.2 Å². The Hall–Kier alpha value is -9.76. The summed E-state index contributed by atoms with van der Waals surface area (Å²) in [6, 6.07) is 12.1. The van der Waals surface area contributed by atoms with E-state index < -0.39 is 162 Å². The first kappa shape index (κ1) is 88.9. The third kappa shape index (κ3) is 25.7. The minimum atomic E-state index is -1.74. The molecule has 3 aromatic rings. The SMILES string of the molecule is CC(C)C[C@@H]1NC(=O)[C@H](CC(C)C)N(C)C(=O)CNC(=O)[C@H](Cc2ccccc2)NC(=O)[C@H](C(C)C)N(C)C(=O)[C@H](Cc2ccccc2)NC(=O)[C@H](C)N(C)C(=O)CCN(C)C(=O)C[C@@H](C(=O)N(C)[C@@H](Cc2ccccc2)C(=O)N[C@@H](C)C(=O)N2CCCCC2)NC(=O)[C@H](C)N(C)C(=O)[C@H](CC(C)C)N(C)C1=O. The molecule has 11 atom stereocenters. The zero-order chi connectivity index (χ0) is 80.5. The van der Waals surface area contributed by atoms with E-state index in [-0.39, 0.29) is 75.2 Å². The molecule has 594 valence electrons. The molecule has 28 heteroatoms. The van der Waals surface area contributed by atoms with Crippen molar-refractivity contribution in [3.63, 3.8) is 0 Å². The predicted molar refractivity (Wildman–Crippen MR) is 410 cm³/mol. The second-order valence-electron chi connectivity index (χ2n) is 30.7. The molecule has 0 radical (unpaired) electrons. The number of likely N-dealkylation sites (N-methyl/N-ethyl adjacent to an activating group) is 6. The summed E-state index contributed by atoms with van der Waals surface area (Å²) in [6.07, 6.45) is 1.56. The second kappa shape index (κ2) is 42.1. The molecule has 0 saturated carbocycles. The van der Waals surface area contributed by atoms with E-state index in [1.54, 1.807) is 117 Å². The number of amides is 14. The molecule has 0 spiro atoms. The van der Waals surface area contributed by atoms with Gasteiger partial charge in [0, 0.05) is 94.7 Å². The van der Waals surface area contributed by atoms with E-state index in [0.29, 0.717) is 29.8 Å². The number of piperidine rings is 1. The third-order valence-corrected chi connectivity index (χ3v) is 20.4. The summed E-state index contributed by atoms with van der Waals surface area (Å²) < 4.78 is 0. The lowest BCUT2D eigenvalue weighted by Gasteiger charge is -2.37. The van der Waals surface area contributed by atoms with E-state index in [4.69, 9.17) is 0 Å². The summed E-state index contributed by atoms with van der Waals surface area (Å²) in [5.74, 6) is -11.1. The Kier molecular flexibility index (Phi) is 34.7. The third-order valence-electron chi connectivity index (χ3n) is 20.4. The minimum Gasteiger partial charge on any atom is -0.345 e. The number of carbonyl (C=O) groups is 14. The number of hydrogen-bond donors (Lipinski definition) is 6. The summed E-state index contributed by atoms with van der Waals surface area (Å²) in [5.41, 5.74) is 1.92. The largest absolute Gasteiger partial charge is 0.345 e. The van der Waals surface area contributed by atoms with E-state index in [2.05, 4.69) is 31.9 Å². The van der Waals surface area contributed by atoms with Crippen molar-refractivity contribution in [2.45, 2.75) is 213 Å². The van der Waals surface area contributed by atoms with Crippen molar-refractivity contribution in [3.8, 4) is 0 Å². The number of likely N-dealkylation sites (tertiary alicyclic amines) is 1. The van der Waals surface area contributed by atoms with Gasteiger partial charge >= 0.3 is 0 Å². The number of nitrogens with zero attached hydrogens (tertiary/aromatic N) is 8. The van der Waals surface area contributed by atoms with Gasteiger partial charge in [-0.3, -0.25) is 67.1 Å². The molecule has 3 aromatic carbocycles. The smallest absolute Gasteiger partial charge is 0.246 e. The molecule has 2 heterocycles. The Balaban J connectivity index is 1.61. The van der Waals surface area contributed by atoms with Crippen LogP contribution in [0.5, 0.6) is 0 Å². The maximum absolute atomic E-state index is 15.4. The molecule has 0 aliphatic carbocycles. The molecule has 6 N–H and O–H groups in total. The number of hydrogen-bond acceptors (Lipinski definition) is 14. The first-order valence-corrected chi connectivity index (χ1v) is 37.9. The maximum Gasteiger partial charge on any atom is 0.246 e. The molecule has 5 rings (SSSR count). The van der Waals surface area contributed by atoms with E-state index in [0.717, 1.165) is 34.0 Å². The van der Waals surface area contributed by atoms with Crippen molar-refractivity contribution >= 4 is 82.7 Å². The van der Waals surface area contributed by atoms with Crippen LogP contribution in [0.4, 0.5) is 0 Å². The van der Waals surface area contributed by atoms with Gasteiger partial charge in [-0.15, -0.1) is 0 Å². The summed E-state index contributed by atoms with van der Waals surface area (Å²) in [4.78, 5) is 216. The summed E-state index contributed by atoms with van der Waals surface area (Å²) in [5, 5.41) is 16.8. The van der Waals surface area contributed by atoms with Crippen LogP contribution in [0.3, 0.4) is 0 Å². The first-order chi connectivity index (χ1) is 50.8. The quantitative estimate of drug-likeness (QED) is 0.106. The standard InChI is InChI=1S/C80H120N14O14/c1-49(2)41-60-77(105)92(17)65(43-51(5)6)80(108)89(14)55(11)71(99)85-62(78(106)91(16)64(46-58-35-27-21-28-36-58)73(101)82-53(9)76(104)94-38-29-22-30-39-94)47-67(96)87(12)40-37-66(95)88(13)54(10)70(98)84-61(45-57-33-25-20-26-34-57)79(107)93(18)69(52(7)8)75(103)83-59(44-56-31-23-19-24-32-56)72(100)81-48-68(97)90(15)63(42-50(3)4)74(102)86-60/h19-21,23-28,31-36,49-55,59-65,69H,22,29-30,37-48H2,1-18H3,(H,81,100)(H,82,101)(H,83,103)(H,84,98)(H,85,99)(H,86,102)/t53-,54-,55-,59-,60-,61-,62-,63-,64-,65-,69-/m0/s1. The van der Waals surface area contributed by atoms with Crippen molar-refractivity contribution in [2.24, 2.45) is 23.7 Å². The van der Waals surface area contributed by atoms with Crippen molar-refractivity contribution in [2.75, 3.05) is 75.5 Å². The van der Waals surface area contributed by atoms with Gasteiger partial charge in [0.05, 0.1) is 13.0 Å². The zero-order valence-corrected chi connectivity index (χ0v) is 66.7. The fourth-order valence-electron chi connectivity index (χ4n) is 13.5. The zero-order valence-electron chi connectivity index (χ0n) is 66.7. The fraction of sp³-hybridized carbons (Fsp3) is 0.600. The lowest BCUT2D eigenvalue weighted by atomic mass is 9.97. The minimum absolute atomic E-state index is 0.0521. The molecular formula is C80H120N14O14. The van der Waals surface area contributed by atoms with Gasteiger partial charge in [-0.05, 0) is 99.7 Å². The molecule has 0 bridgehead atoms. The van der Waals surface area contributed by atoms with Crippen LogP contribution in [0.25, 0.3) is 0 Å². The fourth-order valence-corrected chi connectivity index (χ4v) is 13.5. The van der Waals surface area contributed by atoms with Crippen LogP contribution in [0.15, 0.2) is 91.0 Å². The first-order valence-electron chi connectivity index (χ1n) is 37.9. The average molecular weight is 1500 g/mol. The molecule has 2 fully saturated rings. The normalized spacial score (nSPS) is 23.5. The number of carbonyl (C=O) groups excluding carboxylic acids is 14. The van der Waals surface area contributed by atoms with Crippen LogP contribution in [0.2, 0.25) is 0 Å². The predicted octanol–water partition coefficient (Wildman–Crippen LogP) is 3.34. The van der Waals surface area contributed by atoms with Gasteiger partial charge in [-0.1, -0.05) is 146 Å². The lowest BCUT2D eigenvalue weighted by molar-refractivity contribution is -0.150. The topological polar surface area (TPSA) is 337 Å². The summed E-state index contributed by atoms with van der Waals surface area (Å²) >= 11 is 0. The van der Waals surface area contributed by atoms with Crippen LogP contribution in [0.1, 0.15) is 144 Å². The number of benzene rings is 3. The molecule has 14 amide bonds. The highest BCUT2D eigenvalue weighted by Gasteiger charge is 2.43. The molecule has 28 nitrogen and oxygen atoms in total. The van der Waals surface area contributed by atoms with Crippen LogP contribution in [0, 0.1) is 23.7 Å². The molecule has 0 unspecified atom stereocenters. The van der Waals surface area contributed by atoms with Gasteiger partial charge in [0.15, 0.2) is 0 Å². The lowest BCUT2D eigenvalue weighted by Crippen LogP contribution is -2.61. The number of rotatable bonds is 18. The van der Waals surface area contributed by atoms with Gasteiger partial charge in [-0.25, -0.2) is 0 Å². The molecule has 108 heavy (non-hydrogen) atoms. The average Bonchev–Trinajstić information content (AvgIpc) is 0.822. The van der Waals surface area contributed by atoms with Crippen LogP contribution in [-0.2, 0) is 86.4 Å². The monoisotopic (exact) mass is 1500 g/mol. The maximum atomic E-state index is 15.4. The van der Waals surface area contributed by atoms with Gasteiger partial charge in [0.1, 0.15) is 66.5 Å². The Morgan fingerprint density at radius 2 is 0.963 bits per heavy atom. The van der Waals surface area contributed by atoms with E-state index in [9.17, 15) is 47.9 Å². The highest BCUT2D eigenvalue weighted by Crippen LogP contribution is 2.23. The summed E-state index contributed by atoms with van der Waals surface area (Å²) in [6.45, 7) is 19.0. The van der Waals surface area contributed by atoms with Gasteiger partial charge in [0.2, 0.25) is 82.7 Å². The second-order valence-corrected chi connectivity index (χ2v) is 30.7. The molecule has 2 aliphatic heterocycles. The van der Waals surface area contributed by atoms with Crippen molar-refractivity contribution in [1.82, 2.24) is 71.1 Å². The molecule has 0 aromatic heterocycles. The van der Waals surface area contributed by atoms with Crippen LogP contribution in [-0.4, -0.2) is 264 Å². The van der Waals surface area contributed by atoms with Crippen molar-refractivity contribution < 1.29 is 67.1 Å². The van der Waals surface area contributed by atoms with Crippen molar-refractivity contribution in [3.05, 3.63) is 108 Å². The molecule has 2 aliphatic rings. The van der Waals surface area contributed by atoms with Gasteiger partial charge < -0.3 is 71.1 Å². The van der Waals surface area contributed by atoms with Crippen LogP contribution < -0.4 is 31.9 Å². The highest BCUT2D eigenvalue weighted by atomic mass is 16.2. The Morgan fingerprint density at radius 1 is 0.481 bits per heavy atom. The van der Waals surface area contributed by atoms with Gasteiger partial charge in [0.25, 0.3) is 0 Å². The van der Waals surface area contributed by atoms with Crippen LogP contribution >= 0.6 is 0 Å². The van der Waals surface area contributed by atoms with E-state index in [1.807, 2.05) is 41.5 Å². The molecule has 2 saturated heterocycles. The molecular weight excluding hydrogens is 1380 g/mol. The summed E-state index contributed by atoms with van der Waals surface area (Å²) in [7, 11) is 9.68. The number of nitrogens with one attached hydrogen (secondary N) is 6. The Morgan fingerprint density at radius 3 is 1.50 bits per heavy atom. The Labute approximate surface area is 638 Å². The highest BCUT2D eigenvalue weighted by molar-refractivity contribution is 6.00. The van der Waals surface area contributed by atoms with Gasteiger partial charge in [-0.2, -0.15) is 0 Å². The van der Waals surface area contributed by atoms with Crippen molar-refractivity contribution in [1.29, 1.82) is 0 Å². The Bertz CT molecular complexity index is 3570.